The zero-order valence-corrected chi connectivity index (χ0v) is 23.6. The number of nitrogens with one attached hydrogen (secondary N) is 1. The van der Waals surface area contributed by atoms with E-state index in [4.69, 9.17) is 28.2 Å². The van der Waals surface area contributed by atoms with Crippen LogP contribution in [0.25, 0.3) is 0 Å². The van der Waals surface area contributed by atoms with E-state index in [0.29, 0.717) is 34.6 Å². The van der Waals surface area contributed by atoms with E-state index >= 15 is 0 Å². The first kappa shape index (κ1) is 27.2. The summed E-state index contributed by atoms with van der Waals surface area (Å²) in [6.07, 6.45) is 2.44. The van der Waals surface area contributed by atoms with Crippen LogP contribution >= 0.6 is 35.0 Å². The number of hydrogen-bond acceptors (Lipinski definition) is 7. The molecule has 0 radical (unpaired) electrons. The van der Waals surface area contributed by atoms with Gasteiger partial charge in [0.1, 0.15) is 11.0 Å². The average Bonchev–Trinajstić information content (AvgIpc) is 2.97. The summed E-state index contributed by atoms with van der Waals surface area (Å²) in [7, 11) is 0. The quantitative estimate of drug-likeness (QED) is 0.153. The zero-order chi connectivity index (χ0) is 27.0. The number of halogens is 2. The maximum absolute atomic E-state index is 12.7. The molecule has 7 nitrogen and oxygen atoms in total. The van der Waals surface area contributed by atoms with Gasteiger partial charge in [-0.2, -0.15) is 0 Å². The van der Waals surface area contributed by atoms with Crippen LogP contribution in [0.1, 0.15) is 21.6 Å². The van der Waals surface area contributed by atoms with Crippen molar-refractivity contribution in [1.82, 2.24) is 20.3 Å². The van der Waals surface area contributed by atoms with Gasteiger partial charge in [-0.15, -0.1) is 0 Å². The van der Waals surface area contributed by atoms with Crippen molar-refractivity contribution in [3.8, 4) is 0 Å². The average molecular weight is 580 g/mol. The summed E-state index contributed by atoms with van der Waals surface area (Å²) in [5, 5.41) is 4.76. The molecule has 2 aromatic carbocycles. The van der Waals surface area contributed by atoms with Crippen molar-refractivity contribution in [2.45, 2.75) is 17.3 Å². The Kier molecular flexibility index (Phi) is 9.19. The van der Waals surface area contributed by atoms with Crippen LogP contribution < -0.4 is 15.1 Å². The molecule has 1 fully saturated rings. The number of amides is 1. The second-order valence-electron chi connectivity index (χ2n) is 9.07. The van der Waals surface area contributed by atoms with Crippen LogP contribution in [0.5, 0.6) is 0 Å². The monoisotopic (exact) mass is 578 g/mol. The molecule has 3 heterocycles. The van der Waals surface area contributed by atoms with Gasteiger partial charge >= 0.3 is 0 Å². The van der Waals surface area contributed by atoms with E-state index in [1.54, 1.807) is 6.20 Å². The van der Waals surface area contributed by atoms with Crippen LogP contribution in [0, 0.1) is 0 Å². The normalized spacial score (nSPS) is 13.4. The van der Waals surface area contributed by atoms with Crippen LogP contribution in [-0.2, 0) is 12.2 Å². The van der Waals surface area contributed by atoms with Gasteiger partial charge in [-0.05, 0) is 42.0 Å². The Morgan fingerprint density at radius 1 is 0.897 bits per heavy atom. The summed E-state index contributed by atoms with van der Waals surface area (Å²) in [6, 6.07) is 23.1. The molecular formula is C29H28Cl2N6OS. The third-order valence-corrected chi connectivity index (χ3v) is 7.84. The van der Waals surface area contributed by atoms with E-state index in [9.17, 15) is 4.79 Å². The fraction of sp³-hybridized carbons (Fsp3) is 0.241. The number of anilines is 2. The molecule has 1 aliphatic rings. The molecule has 0 aliphatic carbocycles. The standard InChI is InChI=1S/C29H28Cl2N6OS/c30-24-9-1-2-10-25(24)36-14-16-37(17-15-36)27-19-26(31)34-29(35-27)39-20-21-6-5-7-22(18-21)28(38)33-13-11-23-8-3-4-12-32-23/h1-10,12,18-19H,11,13-17,20H2,(H,33,38). The van der Waals surface area contributed by atoms with Gasteiger partial charge in [0.25, 0.3) is 5.91 Å². The van der Waals surface area contributed by atoms with Crippen molar-refractivity contribution in [3.63, 3.8) is 0 Å². The van der Waals surface area contributed by atoms with Gasteiger partial charge in [0.05, 0.1) is 10.7 Å². The molecule has 5 rings (SSSR count). The van der Waals surface area contributed by atoms with Gasteiger partial charge in [0.15, 0.2) is 5.16 Å². The highest BCUT2D eigenvalue weighted by molar-refractivity contribution is 7.98. The van der Waals surface area contributed by atoms with E-state index in [2.05, 4.69) is 31.2 Å². The summed E-state index contributed by atoms with van der Waals surface area (Å²) in [5.74, 6) is 1.34. The summed E-state index contributed by atoms with van der Waals surface area (Å²) < 4.78 is 0. The predicted molar refractivity (Wildman–Crippen MR) is 159 cm³/mol. The Morgan fingerprint density at radius 3 is 2.49 bits per heavy atom. The molecule has 0 bridgehead atoms. The van der Waals surface area contributed by atoms with E-state index in [-0.39, 0.29) is 5.91 Å². The Morgan fingerprint density at radius 2 is 1.69 bits per heavy atom. The van der Waals surface area contributed by atoms with Gasteiger partial charge in [-0.3, -0.25) is 9.78 Å². The third kappa shape index (κ3) is 7.41. The molecular weight excluding hydrogens is 551 g/mol. The van der Waals surface area contributed by atoms with Crippen LogP contribution in [0.2, 0.25) is 10.2 Å². The molecule has 39 heavy (non-hydrogen) atoms. The Balaban J connectivity index is 1.16. The Labute approximate surface area is 242 Å². The molecule has 1 saturated heterocycles. The second kappa shape index (κ2) is 13.2. The summed E-state index contributed by atoms with van der Waals surface area (Å²) in [6.45, 7) is 3.82. The number of piperazine rings is 1. The minimum Gasteiger partial charge on any atom is -0.367 e. The predicted octanol–water partition coefficient (Wildman–Crippen LogP) is 5.77. The lowest BCUT2D eigenvalue weighted by molar-refractivity contribution is 0.0954. The maximum Gasteiger partial charge on any atom is 0.251 e. The summed E-state index contributed by atoms with van der Waals surface area (Å²) in [4.78, 5) is 30.7. The first-order chi connectivity index (χ1) is 19.0. The molecule has 1 N–H and O–H groups in total. The van der Waals surface area contributed by atoms with E-state index < -0.39 is 0 Å². The molecule has 1 aliphatic heterocycles. The first-order valence-electron chi connectivity index (χ1n) is 12.7. The fourth-order valence-corrected chi connectivity index (χ4v) is 5.68. The number of carbonyl (C=O) groups is 1. The first-order valence-corrected chi connectivity index (χ1v) is 14.5. The molecule has 1 amide bonds. The molecule has 200 valence electrons. The molecule has 0 spiro atoms. The van der Waals surface area contributed by atoms with Crippen LogP contribution in [-0.4, -0.2) is 53.6 Å². The number of carbonyl (C=O) groups excluding carboxylic acids is 1. The van der Waals surface area contributed by atoms with Gasteiger partial charge in [-0.25, -0.2) is 9.97 Å². The summed E-state index contributed by atoms with van der Waals surface area (Å²) in [5.41, 5.74) is 3.64. The minimum absolute atomic E-state index is 0.102. The lowest BCUT2D eigenvalue weighted by Crippen LogP contribution is -2.47. The smallest absolute Gasteiger partial charge is 0.251 e. The number of hydrogen-bond donors (Lipinski definition) is 1. The van der Waals surface area contributed by atoms with Gasteiger partial charge in [-0.1, -0.05) is 65.3 Å². The largest absolute Gasteiger partial charge is 0.367 e. The van der Waals surface area contributed by atoms with Crippen molar-refractivity contribution in [3.05, 3.63) is 106 Å². The van der Waals surface area contributed by atoms with Crippen molar-refractivity contribution >= 4 is 52.4 Å². The zero-order valence-electron chi connectivity index (χ0n) is 21.3. The van der Waals surface area contributed by atoms with Crippen molar-refractivity contribution in [1.29, 1.82) is 0 Å². The molecule has 10 heteroatoms. The molecule has 0 unspecified atom stereocenters. The summed E-state index contributed by atoms with van der Waals surface area (Å²) >= 11 is 14.3. The number of pyridine rings is 1. The molecule has 0 saturated carbocycles. The SMILES string of the molecule is O=C(NCCc1ccccn1)c1cccc(CSc2nc(Cl)cc(N3CCN(c4ccccc4Cl)CC3)n2)c1. The molecule has 0 atom stereocenters. The number of thioether (sulfide) groups is 1. The van der Waals surface area contributed by atoms with Crippen molar-refractivity contribution in [2.75, 3.05) is 42.5 Å². The maximum atomic E-state index is 12.7. The van der Waals surface area contributed by atoms with Crippen LogP contribution in [0.3, 0.4) is 0 Å². The van der Waals surface area contributed by atoms with Gasteiger partial charge < -0.3 is 15.1 Å². The number of rotatable bonds is 9. The third-order valence-electron chi connectivity index (χ3n) is 6.41. The topological polar surface area (TPSA) is 74.2 Å². The Hall–Kier alpha value is -3.33. The van der Waals surface area contributed by atoms with Gasteiger partial charge in [0, 0.05) is 68.4 Å². The number of nitrogens with zero attached hydrogens (tertiary/aromatic N) is 5. The van der Waals surface area contributed by atoms with Crippen LogP contribution in [0.15, 0.2) is 84.1 Å². The minimum atomic E-state index is -0.102. The molecule has 2 aromatic heterocycles. The lowest BCUT2D eigenvalue weighted by Gasteiger charge is -2.37. The number of aromatic nitrogens is 3. The van der Waals surface area contributed by atoms with Crippen molar-refractivity contribution < 1.29 is 4.79 Å². The highest BCUT2D eigenvalue weighted by Gasteiger charge is 2.21. The number of para-hydroxylation sites is 1. The lowest BCUT2D eigenvalue weighted by atomic mass is 10.1. The van der Waals surface area contributed by atoms with Crippen molar-refractivity contribution in [2.24, 2.45) is 0 Å². The van der Waals surface area contributed by atoms with E-state index in [0.717, 1.165) is 54.0 Å². The second-order valence-corrected chi connectivity index (χ2v) is 10.8. The number of benzene rings is 2. The highest BCUT2D eigenvalue weighted by atomic mass is 35.5. The Bertz CT molecular complexity index is 1420. The van der Waals surface area contributed by atoms with Crippen LogP contribution in [0.4, 0.5) is 11.5 Å². The van der Waals surface area contributed by atoms with E-state index in [1.807, 2.05) is 66.7 Å². The molecule has 4 aromatic rings. The fourth-order valence-electron chi connectivity index (χ4n) is 4.40. The highest BCUT2D eigenvalue weighted by Crippen LogP contribution is 2.29. The van der Waals surface area contributed by atoms with Gasteiger partial charge in [0.2, 0.25) is 0 Å². The van der Waals surface area contributed by atoms with E-state index in [1.165, 1.54) is 11.8 Å².